The molecule has 0 aliphatic rings. The Kier molecular flexibility index (Phi) is 5.60. The normalized spacial score (nSPS) is 15.1. The molecule has 0 saturated carbocycles. The van der Waals surface area contributed by atoms with Crippen LogP contribution in [-0.2, 0) is 4.57 Å². The van der Waals surface area contributed by atoms with Gasteiger partial charge in [0, 0.05) is 5.56 Å². The van der Waals surface area contributed by atoms with Crippen LogP contribution in [-0.4, -0.2) is 9.79 Å². The van der Waals surface area contributed by atoms with Gasteiger partial charge in [-0.05, 0) is 36.3 Å². The van der Waals surface area contributed by atoms with Crippen molar-refractivity contribution < 1.29 is 18.9 Å². The van der Waals surface area contributed by atoms with Crippen molar-refractivity contribution in [2.45, 2.75) is 52.4 Å². The summed E-state index contributed by atoms with van der Waals surface area (Å²) in [6.07, 6.45) is 1.87. The zero-order valence-corrected chi connectivity index (χ0v) is 12.9. The minimum Gasteiger partial charge on any atom is -0.404 e. The Morgan fingerprint density at radius 2 is 1.74 bits per heavy atom. The predicted molar refractivity (Wildman–Crippen MR) is 76.5 cm³/mol. The molecule has 1 rings (SSSR count). The molecule has 0 aliphatic carbocycles. The summed E-state index contributed by atoms with van der Waals surface area (Å²) < 4.78 is 15.9. The molecule has 0 fully saturated rings. The first-order valence-corrected chi connectivity index (χ1v) is 8.21. The van der Waals surface area contributed by atoms with Crippen LogP contribution in [0.1, 0.15) is 63.5 Å². The molecular weight excluding hydrogens is 263 g/mol. The monoisotopic (exact) mass is 286 g/mol. The third-order valence-corrected chi connectivity index (χ3v) is 4.00. The molecule has 0 heterocycles. The molecule has 0 amide bonds. The van der Waals surface area contributed by atoms with E-state index < -0.39 is 7.82 Å². The molecule has 4 nitrogen and oxygen atoms in total. The standard InChI is InChI=1S/C14H23O4P/c1-5-10(3)12-8-7-9-13(18-19(15,16)17)14(12)11(4)6-2/h7-11H,5-6H2,1-4H3,(H2,15,16,17). The molecular formula is C14H23O4P. The van der Waals surface area contributed by atoms with Crippen molar-refractivity contribution in [3.05, 3.63) is 29.3 Å². The molecule has 0 radical (unpaired) electrons. The van der Waals surface area contributed by atoms with Crippen LogP contribution in [0.2, 0.25) is 0 Å². The molecule has 2 unspecified atom stereocenters. The largest absolute Gasteiger partial charge is 0.524 e. The van der Waals surface area contributed by atoms with Crippen molar-refractivity contribution in [3.63, 3.8) is 0 Å². The van der Waals surface area contributed by atoms with Crippen LogP contribution in [0.25, 0.3) is 0 Å². The Hall–Kier alpha value is -0.830. The van der Waals surface area contributed by atoms with E-state index in [1.807, 2.05) is 13.0 Å². The summed E-state index contributed by atoms with van der Waals surface area (Å²) in [6.45, 7) is 8.32. The van der Waals surface area contributed by atoms with E-state index in [9.17, 15) is 4.57 Å². The van der Waals surface area contributed by atoms with Crippen molar-refractivity contribution in [3.8, 4) is 5.75 Å². The smallest absolute Gasteiger partial charge is 0.404 e. The molecule has 108 valence electrons. The maximum absolute atomic E-state index is 11.1. The van der Waals surface area contributed by atoms with Crippen LogP contribution >= 0.6 is 7.82 Å². The molecule has 2 atom stereocenters. The van der Waals surface area contributed by atoms with Crippen LogP contribution in [0.5, 0.6) is 5.75 Å². The average molecular weight is 286 g/mol. The van der Waals surface area contributed by atoms with Crippen molar-refractivity contribution in [2.24, 2.45) is 0 Å². The second-order valence-electron chi connectivity index (χ2n) is 4.96. The highest BCUT2D eigenvalue weighted by Crippen LogP contribution is 2.44. The van der Waals surface area contributed by atoms with E-state index in [-0.39, 0.29) is 5.92 Å². The Labute approximate surface area is 115 Å². The van der Waals surface area contributed by atoms with E-state index in [4.69, 9.17) is 14.3 Å². The fourth-order valence-corrected chi connectivity index (χ4v) is 2.57. The van der Waals surface area contributed by atoms with Crippen molar-refractivity contribution >= 4 is 7.82 Å². The molecule has 0 saturated heterocycles. The molecule has 1 aromatic rings. The third kappa shape index (κ3) is 4.34. The van der Waals surface area contributed by atoms with Gasteiger partial charge in [0.2, 0.25) is 0 Å². The fourth-order valence-electron chi connectivity index (χ4n) is 2.15. The molecule has 2 N–H and O–H groups in total. The van der Waals surface area contributed by atoms with Gasteiger partial charge >= 0.3 is 7.82 Å². The number of phosphoric acid groups is 1. The van der Waals surface area contributed by atoms with Gasteiger partial charge in [0.1, 0.15) is 5.75 Å². The highest BCUT2D eigenvalue weighted by Gasteiger charge is 2.23. The van der Waals surface area contributed by atoms with Gasteiger partial charge in [0.05, 0.1) is 0 Å². The molecule has 0 aliphatic heterocycles. The van der Waals surface area contributed by atoms with Gasteiger partial charge in [-0.15, -0.1) is 0 Å². The molecule has 0 spiro atoms. The lowest BCUT2D eigenvalue weighted by molar-refractivity contribution is 0.281. The first-order valence-electron chi connectivity index (χ1n) is 6.68. The summed E-state index contributed by atoms with van der Waals surface area (Å²) in [7, 11) is -4.52. The molecule has 1 aromatic carbocycles. The van der Waals surface area contributed by atoms with Gasteiger partial charge in [-0.3, -0.25) is 9.79 Å². The third-order valence-electron chi connectivity index (χ3n) is 3.57. The summed E-state index contributed by atoms with van der Waals surface area (Å²) in [5.74, 6) is 0.844. The molecule has 5 heteroatoms. The second-order valence-corrected chi connectivity index (χ2v) is 6.12. The maximum Gasteiger partial charge on any atom is 0.524 e. The summed E-state index contributed by atoms with van der Waals surface area (Å²) >= 11 is 0. The van der Waals surface area contributed by atoms with Gasteiger partial charge < -0.3 is 4.52 Å². The Balaban J connectivity index is 3.34. The number of hydrogen-bond donors (Lipinski definition) is 2. The lowest BCUT2D eigenvalue weighted by atomic mass is 9.86. The first kappa shape index (κ1) is 16.2. The first-order chi connectivity index (χ1) is 8.80. The minimum atomic E-state index is -4.52. The maximum atomic E-state index is 11.1. The Morgan fingerprint density at radius 1 is 1.16 bits per heavy atom. The molecule has 0 aromatic heterocycles. The Morgan fingerprint density at radius 3 is 2.21 bits per heavy atom. The van der Waals surface area contributed by atoms with Crippen molar-refractivity contribution in [1.82, 2.24) is 0 Å². The number of benzene rings is 1. The van der Waals surface area contributed by atoms with E-state index in [1.54, 1.807) is 12.1 Å². The van der Waals surface area contributed by atoms with Crippen LogP contribution in [0.15, 0.2) is 18.2 Å². The van der Waals surface area contributed by atoms with Crippen LogP contribution in [0.4, 0.5) is 0 Å². The fraction of sp³-hybridized carbons (Fsp3) is 0.571. The van der Waals surface area contributed by atoms with Crippen LogP contribution in [0.3, 0.4) is 0 Å². The topological polar surface area (TPSA) is 66.8 Å². The quantitative estimate of drug-likeness (QED) is 0.770. The Bertz CT molecular complexity index is 467. The molecule has 19 heavy (non-hydrogen) atoms. The van der Waals surface area contributed by atoms with Gasteiger partial charge in [-0.1, -0.05) is 39.8 Å². The van der Waals surface area contributed by atoms with E-state index in [0.29, 0.717) is 11.7 Å². The van der Waals surface area contributed by atoms with E-state index >= 15 is 0 Å². The highest BCUT2D eigenvalue weighted by atomic mass is 31.2. The predicted octanol–water partition coefficient (Wildman–Crippen LogP) is 4.19. The van der Waals surface area contributed by atoms with E-state index in [1.165, 1.54) is 0 Å². The molecule has 0 bridgehead atoms. The van der Waals surface area contributed by atoms with Gasteiger partial charge in [0.15, 0.2) is 0 Å². The second kappa shape index (κ2) is 6.56. The zero-order chi connectivity index (χ0) is 14.6. The van der Waals surface area contributed by atoms with E-state index in [2.05, 4.69) is 20.8 Å². The SMILES string of the molecule is CCC(C)c1cccc(OP(=O)(O)O)c1C(C)CC. The zero-order valence-electron chi connectivity index (χ0n) is 12.0. The lowest BCUT2D eigenvalue weighted by Gasteiger charge is -2.22. The van der Waals surface area contributed by atoms with E-state index in [0.717, 1.165) is 24.0 Å². The number of phosphoric ester groups is 1. The number of rotatable bonds is 6. The summed E-state index contributed by atoms with van der Waals surface area (Å²) in [5.41, 5.74) is 2.03. The highest BCUT2D eigenvalue weighted by molar-refractivity contribution is 7.46. The van der Waals surface area contributed by atoms with Crippen LogP contribution < -0.4 is 4.52 Å². The van der Waals surface area contributed by atoms with Crippen molar-refractivity contribution in [1.29, 1.82) is 0 Å². The summed E-state index contributed by atoms with van der Waals surface area (Å²) in [5, 5.41) is 0. The van der Waals surface area contributed by atoms with Crippen LogP contribution in [0, 0.1) is 0 Å². The average Bonchev–Trinajstić information content (AvgIpc) is 2.34. The van der Waals surface area contributed by atoms with Gasteiger partial charge in [-0.2, -0.15) is 0 Å². The minimum absolute atomic E-state index is 0.201. The lowest BCUT2D eigenvalue weighted by Crippen LogP contribution is -2.05. The van der Waals surface area contributed by atoms with Crippen molar-refractivity contribution in [2.75, 3.05) is 0 Å². The van der Waals surface area contributed by atoms with Gasteiger partial charge in [0.25, 0.3) is 0 Å². The number of hydrogen-bond acceptors (Lipinski definition) is 2. The van der Waals surface area contributed by atoms with Gasteiger partial charge in [-0.25, -0.2) is 4.57 Å². The summed E-state index contributed by atoms with van der Waals surface area (Å²) in [4.78, 5) is 18.1. The summed E-state index contributed by atoms with van der Waals surface area (Å²) in [6, 6.07) is 5.44.